The molecular formula is C14H10F2OS. The van der Waals surface area contributed by atoms with Gasteiger partial charge >= 0.3 is 0 Å². The minimum absolute atomic E-state index is 0.0143. The van der Waals surface area contributed by atoms with Crippen molar-refractivity contribution in [1.29, 1.82) is 0 Å². The molecule has 0 spiro atoms. The fourth-order valence-corrected chi connectivity index (χ4v) is 2.26. The van der Waals surface area contributed by atoms with E-state index in [1.54, 1.807) is 24.3 Å². The van der Waals surface area contributed by atoms with Gasteiger partial charge in [0.15, 0.2) is 5.78 Å². The molecule has 0 N–H and O–H groups in total. The standard InChI is InChI=1S/C14H10F2OS/c1-9(17)10-2-5-12(6-3-10)18-14-7-4-11(15)8-13(14)16/h2-8H,1H3. The molecule has 0 radical (unpaired) electrons. The average Bonchev–Trinajstić information content (AvgIpc) is 2.33. The molecule has 0 saturated heterocycles. The number of halogens is 2. The molecule has 0 aliphatic heterocycles. The predicted molar refractivity (Wildman–Crippen MR) is 66.9 cm³/mol. The maximum atomic E-state index is 13.4. The zero-order valence-corrected chi connectivity index (χ0v) is 10.4. The molecule has 92 valence electrons. The van der Waals surface area contributed by atoms with Crippen molar-refractivity contribution in [1.82, 2.24) is 0 Å². The van der Waals surface area contributed by atoms with Crippen LogP contribution >= 0.6 is 11.8 Å². The summed E-state index contributed by atoms with van der Waals surface area (Å²) >= 11 is 1.19. The second-order valence-corrected chi connectivity index (χ2v) is 4.87. The second-order valence-electron chi connectivity index (χ2n) is 3.76. The van der Waals surface area contributed by atoms with Crippen LogP contribution in [0.2, 0.25) is 0 Å². The monoisotopic (exact) mass is 264 g/mol. The summed E-state index contributed by atoms with van der Waals surface area (Å²) in [5.41, 5.74) is 0.610. The molecule has 0 atom stereocenters. The van der Waals surface area contributed by atoms with Gasteiger partial charge in [0.1, 0.15) is 11.6 Å². The molecule has 2 aromatic carbocycles. The fraction of sp³-hybridized carbons (Fsp3) is 0.0714. The maximum Gasteiger partial charge on any atom is 0.159 e. The first-order valence-corrected chi connectivity index (χ1v) is 6.12. The quantitative estimate of drug-likeness (QED) is 0.768. The van der Waals surface area contributed by atoms with Gasteiger partial charge in [-0.3, -0.25) is 4.79 Å². The molecule has 0 amide bonds. The molecule has 0 bridgehead atoms. The molecule has 0 saturated carbocycles. The van der Waals surface area contributed by atoms with E-state index in [2.05, 4.69) is 0 Å². The number of carbonyl (C=O) groups is 1. The molecule has 0 aliphatic rings. The summed E-state index contributed by atoms with van der Waals surface area (Å²) in [5, 5.41) is 0. The number of hydrogen-bond acceptors (Lipinski definition) is 2. The van der Waals surface area contributed by atoms with Crippen molar-refractivity contribution in [2.45, 2.75) is 16.7 Å². The van der Waals surface area contributed by atoms with Crippen LogP contribution in [0.1, 0.15) is 17.3 Å². The number of benzene rings is 2. The zero-order chi connectivity index (χ0) is 13.1. The van der Waals surface area contributed by atoms with E-state index in [1.165, 1.54) is 30.8 Å². The molecule has 0 aromatic heterocycles. The van der Waals surface area contributed by atoms with E-state index < -0.39 is 11.6 Å². The van der Waals surface area contributed by atoms with E-state index in [0.717, 1.165) is 11.0 Å². The van der Waals surface area contributed by atoms with Crippen LogP contribution in [0.4, 0.5) is 8.78 Å². The molecule has 2 aromatic rings. The normalized spacial score (nSPS) is 10.4. The average molecular weight is 264 g/mol. The lowest BCUT2D eigenvalue weighted by Crippen LogP contribution is -1.90. The van der Waals surface area contributed by atoms with Crippen molar-refractivity contribution in [3.8, 4) is 0 Å². The summed E-state index contributed by atoms with van der Waals surface area (Å²) in [6.07, 6.45) is 0. The van der Waals surface area contributed by atoms with Crippen molar-refractivity contribution in [3.05, 3.63) is 59.7 Å². The zero-order valence-electron chi connectivity index (χ0n) is 9.61. The third-order valence-corrected chi connectivity index (χ3v) is 3.44. The summed E-state index contributed by atoms with van der Waals surface area (Å²) in [6, 6.07) is 10.3. The highest BCUT2D eigenvalue weighted by Gasteiger charge is 2.06. The van der Waals surface area contributed by atoms with Gasteiger partial charge in [-0.25, -0.2) is 8.78 Å². The highest BCUT2D eigenvalue weighted by Crippen LogP contribution is 2.30. The molecule has 0 aliphatic carbocycles. The third-order valence-electron chi connectivity index (χ3n) is 2.38. The van der Waals surface area contributed by atoms with Crippen LogP contribution in [0.3, 0.4) is 0 Å². The minimum atomic E-state index is -0.594. The third kappa shape index (κ3) is 2.96. The summed E-state index contributed by atoms with van der Waals surface area (Å²) in [5.74, 6) is -1.20. The maximum absolute atomic E-state index is 13.4. The van der Waals surface area contributed by atoms with Crippen molar-refractivity contribution < 1.29 is 13.6 Å². The van der Waals surface area contributed by atoms with Crippen LogP contribution in [0.25, 0.3) is 0 Å². The predicted octanol–water partition coefficient (Wildman–Crippen LogP) is 4.32. The summed E-state index contributed by atoms with van der Waals surface area (Å²) < 4.78 is 26.2. The number of Topliss-reactive ketones (excluding diaryl/α,β-unsaturated/α-hetero) is 1. The van der Waals surface area contributed by atoms with Gasteiger partial charge in [0.2, 0.25) is 0 Å². The first-order chi connectivity index (χ1) is 8.56. The van der Waals surface area contributed by atoms with Gasteiger partial charge in [0.25, 0.3) is 0 Å². The first kappa shape index (κ1) is 12.8. The number of carbonyl (C=O) groups excluding carboxylic acids is 1. The van der Waals surface area contributed by atoms with E-state index in [4.69, 9.17) is 0 Å². The van der Waals surface area contributed by atoms with Crippen LogP contribution in [0.15, 0.2) is 52.3 Å². The number of rotatable bonds is 3. The Morgan fingerprint density at radius 3 is 2.28 bits per heavy atom. The van der Waals surface area contributed by atoms with E-state index >= 15 is 0 Å². The Balaban J connectivity index is 2.21. The Bertz CT molecular complexity index is 579. The van der Waals surface area contributed by atoms with E-state index in [0.29, 0.717) is 10.5 Å². The van der Waals surface area contributed by atoms with Gasteiger partial charge in [-0.05, 0) is 31.2 Å². The van der Waals surface area contributed by atoms with Crippen molar-refractivity contribution in [2.24, 2.45) is 0 Å². The molecule has 0 heterocycles. The molecule has 4 heteroatoms. The van der Waals surface area contributed by atoms with Crippen LogP contribution in [-0.4, -0.2) is 5.78 Å². The Morgan fingerprint density at radius 2 is 1.72 bits per heavy atom. The Kier molecular flexibility index (Phi) is 3.77. The molecule has 0 unspecified atom stereocenters. The summed E-state index contributed by atoms with van der Waals surface area (Å²) in [6.45, 7) is 1.49. The SMILES string of the molecule is CC(=O)c1ccc(Sc2ccc(F)cc2F)cc1. The van der Waals surface area contributed by atoms with E-state index in [-0.39, 0.29) is 5.78 Å². The number of hydrogen-bond donors (Lipinski definition) is 0. The Morgan fingerprint density at radius 1 is 1.06 bits per heavy atom. The molecule has 18 heavy (non-hydrogen) atoms. The molecular weight excluding hydrogens is 254 g/mol. The lowest BCUT2D eigenvalue weighted by atomic mass is 10.2. The van der Waals surface area contributed by atoms with Crippen LogP contribution in [0.5, 0.6) is 0 Å². The first-order valence-electron chi connectivity index (χ1n) is 5.30. The summed E-state index contributed by atoms with van der Waals surface area (Å²) in [7, 11) is 0. The van der Waals surface area contributed by atoms with Crippen molar-refractivity contribution in [3.63, 3.8) is 0 Å². The van der Waals surface area contributed by atoms with Crippen molar-refractivity contribution in [2.75, 3.05) is 0 Å². The Labute approximate surface area is 108 Å². The highest BCUT2D eigenvalue weighted by molar-refractivity contribution is 7.99. The lowest BCUT2D eigenvalue weighted by molar-refractivity contribution is 0.101. The van der Waals surface area contributed by atoms with E-state index in [9.17, 15) is 13.6 Å². The van der Waals surface area contributed by atoms with E-state index in [1.807, 2.05) is 0 Å². The molecule has 1 nitrogen and oxygen atoms in total. The van der Waals surface area contributed by atoms with Crippen LogP contribution in [-0.2, 0) is 0 Å². The van der Waals surface area contributed by atoms with Crippen LogP contribution in [0, 0.1) is 11.6 Å². The van der Waals surface area contributed by atoms with Gasteiger partial charge in [-0.2, -0.15) is 0 Å². The number of ketones is 1. The minimum Gasteiger partial charge on any atom is -0.295 e. The van der Waals surface area contributed by atoms with Gasteiger partial charge in [0.05, 0.1) is 0 Å². The topological polar surface area (TPSA) is 17.1 Å². The van der Waals surface area contributed by atoms with Gasteiger partial charge < -0.3 is 0 Å². The van der Waals surface area contributed by atoms with Gasteiger partial charge in [0, 0.05) is 21.4 Å². The fourth-order valence-electron chi connectivity index (χ4n) is 1.44. The molecule has 0 fully saturated rings. The van der Waals surface area contributed by atoms with Gasteiger partial charge in [-0.1, -0.05) is 23.9 Å². The lowest BCUT2D eigenvalue weighted by Gasteiger charge is -2.04. The Hall–Kier alpha value is -1.68. The second kappa shape index (κ2) is 5.31. The highest BCUT2D eigenvalue weighted by atomic mass is 32.2. The summed E-state index contributed by atoms with van der Waals surface area (Å²) in [4.78, 5) is 12.2. The van der Waals surface area contributed by atoms with Crippen LogP contribution < -0.4 is 0 Å². The molecule has 2 rings (SSSR count). The largest absolute Gasteiger partial charge is 0.295 e. The van der Waals surface area contributed by atoms with Crippen molar-refractivity contribution >= 4 is 17.5 Å². The van der Waals surface area contributed by atoms with Gasteiger partial charge in [-0.15, -0.1) is 0 Å². The smallest absolute Gasteiger partial charge is 0.159 e.